The van der Waals surface area contributed by atoms with Crippen LogP contribution in [0.15, 0.2) is 170 Å². The van der Waals surface area contributed by atoms with E-state index in [9.17, 15) is 0 Å². The Labute approximate surface area is 294 Å². The van der Waals surface area contributed by atoms with Crippen LogP contribution in [0.4, 0.5) is 0 Å². The highest BCUT2D eigenvalue weighted by atomic mass is 15.0. The summed E-state index contributed by atoms with van der Waals surface area (Å²) in [7, 11) is 0. The predicted molar refractivity (Wildman–Crippen MR) is 210 cm³/mol. The zero-order valence-corrected chi connectivity index (χ0v) is 27.5. The number of aromatic nitrogens is 4. The minimum absolute atomic E-state index is 0.637. The fraction of sp³-hybridized carbons (Fsp3) is 0. The number of hydrogen-bond acceptors (Lipinski definition) is 3. The molecule has 0 fully saturated rings. The van der Waals surface area contributed by atoms with Gasteiger partial charge in [0, 0.05) is 33.2 Å². The van der Waals surface area contributed by atoms with Crippen molar-refractivity contribution in [2.24, 2.45) is 0 Å². The normalized spacial score (nSPS) is 11.9. The second kappa shape index (κ2) is 10.8. The summed E-state index contributed by atoms with van der Waals surface area (Å²) < 4.78 is 2.36. The fourth-order valence-electron chi connectivity index (χ4n) is 8.00. The van der Waals surface area contributed by atoms with Crippen molar-refractivity contribution in [3.05, 3.63) is 170 Å². The SMILES string of the molecule is c1ccc(-c2nc(-c3cccc(-n4c5ccccc5c5cc6ccccc6cc54)c3)nc(-c3ccc4c(c3)-c3cccc5cccc-4c35)n2)cc1. The summed E-state index contributed by atoms with van der Waals surface area (Å²) in [5.41, 5.74) is 11.2. The Hall–Kier alpha value is -6.91. The molecule has 0 saturated heterocycles. The highest BCUT2D eigenvalue weighted by Crippen LogP contribution is 2.48. The number of para-hydroxylation sites is 1. The zero-order valence-electron chi connectivity index (χ0n) is 27.5. The lowest BCUT2D eigenvalue weighted by molar-refractivity contribution is 1.07. The van der Waals surface area contributed by atoms with Crippen molar-refractivity contribution in [2.45, 2.75) is 0 Å². The Bertz CT molecular complexity index is 3020. The van der Waals surface area contributed by atoms with Crippen LogP contribution < -0.4 is 0 Å². The molecular formula is C47H28N4. The fourth-order valence-corrected chi connectivity index (χ4v) is 8.00. The van der Waals surface area contributed by atoms with Gasteiger partial charge in [-0.05, 0) is 80.2 Å². The molecule has 1 aliphatic rings. The molecule has 0 radical (unpaired) electrons. The van der Waals surface area contributed by atoms with E-state index in [0.717, 1.165) is 27.9 Å². The molecule has 8 aromatic carbocycles. The van der Waals surface area contributed by atoms with Crippen molar-refractivity contribution in [3.63, 3.8) is 0 Å². The van der Waals surface area contributed by atoms with E-state index in [-0.39, 0.29) is 0 Å². The molecule has 0 bridgehead atoms. The van der Waals surface area contributed by atoms with Gasteiger partial charge in [0.1, 0.15) is 0 Å². The Morgan fingerprint density at radius 3 is 1.75 bits per heavy atom. The van der Waals surface area contributed by atoms with E-state index in [2.05, 4.69) is 156 Å². The third-order valence-electron chi connectivity index (χ3n) is 10.3. The summed E-state index contributed by atoms with van der Waals surface area (Å²) in [6, 6.07) is 60.3. The number of nitrogens with zero attached hydrogens (tertiary/aromatic N) is 4. The van der Waals surface area contributed by atoms with Crippen LogP contribution in [0.1, 0.15) is 0 Å². The summed E-state index contributed by atoms with van der Waals surface area (Å²) in [4.78, 5) is 15.4. The van der Waals surface area contributed by atoms with Crippen molar-refractivity contribution in [3.8, 4) is 62.1 Å². The van der Waals surface area contributed by atoms with Crippen LogP contribution >= 0.6 is 0 Å². The standard InChI is InChI=1S/C47H28N4/c1-2-11-30(12-3-1)45-48-46(50-47(49-45)34-23-24-36-38-20-9-15-29-16-10-21-39(44(29)38)40(36)27-34)33-17-8-18-35(25-33)51-42-22-7-6-19-37(42)41-26-31-13-4-5-14-32(31)28-43(41)51/h1-28H. The Morgan fingerprint density at radius 1 is 0.333 bits per heavy atom. The summed E-state index contributed by atoms with van der Waals surface area (Å²) >= 11 is 0. The second-order valence-electron chi connectivity index (χ2n) is 13.3. The van der Waals surface area contributed by atoms with Crippen molar-refractivity contribution in [1.82, 2.24) is 19.5 Å². The first kappa shape index (κ1) is 28.0. The first-order chi connectivity index (χ1) is 25.3. The van der Waals surface area contributed by atoms with Crippen LogP contribution in [0.2, 0.25) is 0 Å². The highest BCUT2D eigenvalue weighted by molar-refractivity contribution is 6.16. The second-order valence-corrected chi connectivity index (χ2v) is 13.3. The third kappa shape index (κ3) is 4.30. The summed E-state index contributed by atoms with van der Waals surface area (Å²) in [5, 5.41) is 7.48. The molecule has 10 aromatic rings. The van der Waals surface area contributed by atoms with Crippen molar-refractivity contribution in [1.29, 1.82) is 0 Å². The molecule has 0 N–H and O–H groups in total. The van der Waals surface area contributed by atoms with E-state index in [1.165, 1.54) is 60.1 Å². The van der Waals surface area contributed by atoms with Crippen molar-refractivity contribution in [2.75, 3.05) is 0 Å². The molecule has 0 amide bonds. The van der Waals surface area contributed by atoms with Crippen LogP contribution in [-0.2, 0) is 0 Å². The van der Waals surface area contributed by atoms with Crippen LogP contribution in [0.5, 0.6) is 0 Å². The Kier molecular flexibility index (Phi) is 5.92. The molecule has 0 saturated carbocycles. The van der Waals surface area contributed by atoms with E-state index in [1.54, 1.807) is 0 Å². The molecule has 4 nitrogen and oxygen atoms in total. The van der Waals surface area contributed by atoms with Gasteiger partial charge in [-0.25, -0.2) is 15.0 Å². The van der Waals surface area contributed by atoms with Gasteiger partial charge < -0.3 is 4.57 Å². The first-order valence-corrected chi connectivity index (χ1v) is 17.3. The number of rotatable bonds is 4. The molecule has 51 heavy (non-hydrogen) atoms. The maximum Gasteiger partial charge on any atom is 0.164 e. The molecule has 0 atom stereocenters. The van der Waals surface area contributed by atoms with Gasteiger partial charge in [0.05, 0.1) is 11.0 Å². The Morgan fingerprint density at radius 2 is 0.941 bits per heavy atom. The van der Waals surface area contributed by atoms with Gasteiger partial charge in [-0.2, -0.15) is 0 Å². The molecule has 236 valence electrons. The summed E-state index contributed by atoms with van der Waals surface area (Å²) in [5.74, 6) is 1.94. The topological polar surface area (TPSA) is 43.6 Å². The van der Waals surface area contributed by atoms with Crippen LogP contribution in [0, 0.1) is 0 Å². The summed E-state index contributed by atoms with van der Waals surface area (Å²) in [6.45, 7) is 0. The monoisotopic (exact) mass is 648 g/mol. The largest absolute Gasteiger partial charge is 0.309 e. The lowest BCUT2D eigenvalue weighted by Gasteiger charge is -2.12. The smallest absolute Gasteiger partial charge is 0.164 e. The molecule has 2 heterocycles. The first-order valence-electron chi connectivity index (χ1n) is 17.3. The average Bonchev–Trinajstić information content (AvgIpc) is 3.70. The van der Waals surface area contributed by atoms with Gasteiger partial charge in [0.15, 0.2) is 17.5 Å². The molecule has 0 aliphatic heterocycles. The molecule has 2 aromatic heterocycles. The molecular weight excluding hydrogens is 621 g/mol. The van der Waals surface area contributed by atoms with E-state index in [4.69, 9.17) is 15.0 Å². The van der Waals surface area contributed by atoms with Crippen LogP contribution in [0.3, 0.4) is 0 Å². The van der Waals surface area contributed by atoms with Crippen LogP contribution in [0.25, 0.3) is 105 Å². The maximum atomic E-state index is 5.18. The molecule has 1 aliphatic carbocycles. The van der Waals surface area contributed by atoms with Gasteiger partial charge in [-0.3, -0.25) is 0 Å². The Balaban J connectivity index is 1.10. The van der Waals surface area contributed by atoms with E-state index in [0.29, 0.717) is 17.5 Å². The maximum absolute atomic E-state index is 5.18. The number of hydrogen-bond donors (Lipinski definition) is 0. The number of benzene rings is 8. The van der Waals surface area contributed by atoms with Gasteiger partial charge in [-0.1, -0.05) is 133 Å². The third-order valence-corrected chi connectivity index (χ3v) is 10.3. The van der Waals surface area contributed by atoms with E-state index < -0.39 is 0 Å². The summed E-state index contributed by atoms with van der Waals surface area (Å²) in [6.07, 6.45) is 0. The van der Waals surface area contributed by atoms with E-state index >= 15 is 0 Å². The quantitative estimate of drug-likeness (QED) is 0.191. The predicted octanol–water partition coefficient (Wildman–Crippen LogP) is 11.9. The lowest BCUT2D eigenvalue weighted by atomic mass is 10.0. The minimum atomic E-state index is 0.637. The van der Waals surface area contributed by atoms with Crippen molar-refractivity contribution >= 4 is 43.4 Å². The minimum Gasteiger partial charge on any atom is -0.309 e. The van der Waals surface area contributed by atoms with Crippen LogP contribution in [-0.4, -0.2) is 19.5 Å². The highest BCUT2D eigenvalue weighted by Gasteiger charge is 2.23. The lowest BCUT2D eigenvalue weighted by Crippen LogP contribution is -2.01. The van der Waals surface area contributed by atoms with Gasteiger partial charge in [-0.15, -0.1) is 0 Å². The average molecular weight is 649 g/mol. The molecule has 0 spiro atoms. The molecule has 0 unspecified atom stereocenters. The number of fused-ring (bicyclic) bond motifs is 7. The molecule has 11 rings (SSSR count). The molecule has 4 heteroatoms. The van der Waals surface area contributed by atoms with Crippen molar-refractivity contribution < 1.29 is 0 Å². The van der Waals surface area contributed by atoms with Gasteiger partial charge in [0.25, 0.3) is 0 Å². The van der Waals surface area contributed by atoms with Gasteiger partial charge >= 0.3 is 0 Å². The van der Waals surface area contributed by atoms with E-state index in [1.807, 2.05) is 18.2 Å². The zero-order chi connectivity index (χ0) is 33.5. The van der Waals surface area contributed by atoms with Gasteiger partial charge in [0.2, 0.25) is 0 Å².